The Labute approximate surface area is 198 Å². The van der Waals surface area contributed by atoms with Crippen LogP contribution in [0, 0.1) is 0 Å². The summed E-state index contributed by atoms with van der Waals surface area (Å²) in [5, 5.41) is 6.35. The third-order valence-electron chi connectivity index (χ3n) is 4.88. The number of carbonyl (C=O) groups is 2. The summed E-state index contributed by atoms with van der Waals surface area (Å²) < 4.78 is 17.2. The minimum absolute atomic E-state index is 0.224. The van der Waals surface area contributed by atoms with Gasteiger partial charge >= 0.3 is 12.1 Å². The molecular formula is C22H30ClN5O5. The maximum Gasteiger partial charge on any atom is 0.407 e. The molecule has 1 aliphatic rings. The second kappa shape index (κ2) is 10.8. The molecule has 0 unspecified atom stereocenters. The number of methoxy groups -OCH3 is 1. The van der Waals surface area contributed by atoms with E-state index in [4.69, 9.17) is 25.8 Å². The van der Waals surface area contributed by atoms with Gasteiger partial charge in [0.25, 0.3) is 0 Å². The molecule has 3 heterocycles. The Morgan fingerprint density at radius 1 is 1.30 bits per heavy atom. The van der Waals surface area contributed by atoms with Crippen LogP contribution in [-0.4, -0.2) is 65.1 Å². The molecule has 1 amide bonds. The first-order valence-electron chi connectivity index (χ1n) is 10.8. The molecule has 3 rings (SSSR count). The number of hydrogen-bond donors (Lipinski definition) is 2. The van der Waals surface area contributed by atoms with E-state index in [1.807, 2.05) is 0 Å². The number of anilines is 1. The fourth-order valence-electron chi connectivity index (χ4n) is 3.36. The molecule has 2 aromatic rings. The zero-order valence-electron chi connectivity index (χ0n) is 19.3. The average Bonchev–Trinajstić information content (AvgIpc) is 3.18. The van der Waals surface area contributed by atoms with Gasteiger partial charge in [0.15, 0.2) is 0 Å². The normalized spacial score (nSPS) is 14.6. The highest BCUT2D eigenvalue weighted by molar-refractivity contribution is 6.32. The zero-order chi connectivity index (χ0) is 24.0. The molecule has 0 spiro atoms. The number of aromatic nitrogens is 3. The highest BCUT2D eigenvalue weighted by Crippen LogP contribution is 2.29. The lowest BCUT2D eigenvalue weighted by atomic mass is 10.1. The van der Waals surface area contributed by atoms with Crippen LogP contribution in [0.5, 0.6) is 0 Å². The fraction of sp³-hybridized carbons (Fsp3) is 0.545. The highest BCUT2D eigenvalue weighted by atomic mass is 35.5. The predicted molar refractivity (Wildman–Crippen MR) is 124 cm³/mol. The van der Waals surface area contributed by atoms with Crippen LogP contribution in [0.3, 0.4) is 0 Å². The Morgan fingerprint density at radius 3 is 2.70 bits per heavy atom. The van der Waals surface area contributed by atoms with E-state index in [2.05, 4.69) is 20.6 Å². The number of nitrogens with one attached hydrogen (secondary N) is 2. The summed E-state index contributed by atoms with van der Waals surface area (Å²) in [4.78, 5) is 33.1. The molecule has 10 nitrogen and oxygen atoms in total. The molecule has 180 valence electrons. The van der Waals surface area contributed by atoms with Crippen LogP contribution < -0.4 is 10.6 Å². The smallest absolute Gasteiger partial charge is 0.407 e. The molecule has 0 aliphatic carbocycles. The van der Waals surface area contributed by atoms with E-state index in [1.165, 1.54) is 13.3 Å². The maximum atomic E-state index is 12.3. The Kier molecular flexibility index (Phi) is 8.15. The Morgan fingerprint density at radius 2 is 2.03 bits per heavy atom. The number of hydrogen-bond acceptors (Lipinski definition) is 8. The lowest BCUT2D eigenvalue weighted by Gasteiger charge is -2.23. The molecule has 2 aromatic heterocycles. The first-order valence-corrected chi connectivity index (χ1v) is 11.2. The van der Waals surface area contributed by atoms with Gasteiger partial charge in [-0.05, 0) is 39.7 Å². The Balaban J connectivity index is 1.77. The molecule has 0 radical (unpaired) electrons. The molecule has 1 aliphatic heterocycles. The van der Waals surface area contributed by atoms with Crippen molar-refractivity contribution in [3.8, 4) is 11.3 Å². The Bertz CT molecular complexity index is 982. The molecule has 33 heavy (non-hydrogen) atoms. The quantitative estimate of drug-likeness (QED) is 0.579. The molecule has 0 atom stereocenters. The van der Waals surface area contributed by atoms with Crippen molar-refractivity contribution < 1.29 is 23.8 Å². The molecular weight excluding hydrogens is 450 g/mol. The highest BCUT2D eigenvalue weighted by Gasteiger charge is 2.20. The largest absolute Gasteiger partial charge is 0.464 e. The number of esters is 1. The van der Waals surface area contributed by atoms with E-state index in [0.717, 1.165) is 12.8 Å². The van der Waals surface area contributed by atoms with E-state index in [1.54, 1.807) is 37.6 Å². The number of rotatable bonds is 7. The van der Waals surface area contributed by atoms with E-state index in [0.29, 0.717) is 47.7 Å². The van der Waals surface area contributed by atoms with Gasteiger partial charge in [0.2, 0.25) is 5.95 Å². The topological polar surface area (TPSA) is 117 Å². The van der Waals surface area contributed by atoms with E-state index in [9.17, 15) is 9.59 Å². The summed E-state index contributed by atoms with van der Waals surface area (Å²) >= 11 is 6.38. The first kappa shape index (κ1) is 24.8. The van der Waals surface area contributed by atoms with E-state index >= 15 is 0 Å². The van der Waals surface area contributed by atoms with Crippen molar-refractivity contribution in [3.63, 3.8) is 0 Å². The molecule has 11 heteroatoms. The van der Waals surface area contributed by atoms with Crippen LogP contribution in [0.2, 0.25) is 5.02 Å². The minimum atomic E-state index is -0.595. The molecule has 0 bridgehead atoms. The van der Waals surface area contributed by atoms with Crippen molar-refractivity contribution in [2.24, 2.45) is 0 Å². The van der Waals surface area contributed by atoms with Crippen LogP contribution in [0.25, 0.3) is 11.3 Å². The second-order valence-corrected chi connectivity index (χ2v) is 9.06. The lowest BCUT2D eigenvalue weighted by Crippen LogP contribution is -2.34. The Hall–Kier alpha value is -2.85. The van der Waals surface area contributed by atoms with Crippen LogP contribution in [-0.2, 0) is 20.8 Å². The monoisotopic (exact) mass is 479 g/mol. The SMILES string of the molecule is COC(=O)c1cc(-c2nc(NC3CCOCC3)ncc2Cl)cn1CCNC(=O)OC(C)(C)C. The van der Waals surface area contributed by atoms with Gasteiger partial charge in [0, 0.05) is 44.1 Å². The first-order chi connectivity index (χ1) is 15.7. The third kappa shape index (κ3) is 7.06. The number of alkyl carbamates (subject to hydrolysis) is 1. The lowest BCUT2D eigenvalue weighted by molar-refractivity contribution is 0.0526. The van der Waals surface area contributed by atoms with Gasteiger partial charge in [-0.1, -0.05) is 11.6 Å². The standard InChI is InChI=1S/C22H30ClN5O5/c1-22(2,3)33-21(30)24-7-8-28-13-14(11-17(28)19(29)31-4)18-16(23)12-25-20(27-18)26-15-5-9-32-10-6-15/h11-13,15H,5-10H2,1-4H3,(H,24,30)(H,25,26,27). The van der Waals surface area contributed by atoms with Crippen molar-refractivity contribution in [2.45, 2.75) is 51.8 Å². The van der Waals surface area contributed by atoms with Crippen molar-refractivity contribution in [1.29, 1.82) is 0 Å². The van der Waals surface area contributed by atoms with E-state index < -0.39 is 17.7 Å². The van der Waals surface area contributed by atoms with Crippen molar-refractivity contribution in [1.82, 2.24) is 19.9 Å². The van der Waals surface area contributed by atoms with Crippen LogP contribution in [0.4, 0.5) is 10.7 Å². The summed E-state index contributed by atoms with van der Waals surface area (Å²) in [5.74, 6) is -0.0514. The molecule has 1 fully saturated rings. The maximum absolute atomic E-state index is 12.3. The number of carbonyl (C=O) groups excluding carboxylic acids is 2. The number of ether oxygens (including phenoxy) is 3. The average molecular weight is 480 g/mol. The van der Waals surface area contributed by atoms with Gasteiger partial charge in [-0.25, -0.2) is 19.6 Å². The van der Waals surface area contributed by atoms with Crippen molar-refractivity contribution in [3.05, 3.63) is 29.2 Å². The molecule has 0 saturated carbocycles. The van der Waals surface area contributed by atoms with Crippen LogP contribution in [0.15, 0.2) is 18.5 Å². The fourth-order valence-corrected chi connectivity index (χ4v) is 3.56. The van der Waals surface area contributed by atoms with Gasteiger partial charge in [0.05, 0.1) is 24.0 Å². The van der Waals surface area contributed by atoms with Gasteiger partial charge in [0.1, 0.15) is 11.3 Å². The van der Waals surface area contributed by atoms with Crippen LogP contribution >= 0.6 is 11.6 Å². The summed E-state index contributed by atoms with van der Waals surface area (Å²) in [7, 11) is 1.31. The van der Waals surface area contributed by atoms with Gasteiger partial charge < -0.3 is 29.4 Å². The van der Waals surface area contributed by atoms with Gasteiger partial charge in [-0.2, -0.15) is 0 Å². The third-order valence-corrected chi connectivity index (χ3v) is 5.16. The van der Waals surface area contributed by atoms with Crippen LogP contribution in [0.1, 0.15) is 44.1 Å². The minimum Gasteiger partial charge on any atom is -0.464 e. The van der Waals surface area contributed by atoms with Gasteiger partial charge in [-0.3, -0.25) is 0 Å². The molecule has 2 N–H and O–H groups in total. The summed E-state index contributed by atoms with van der Waals surface area (Å²) in [6.45, 7) is 7.33. The van der Waals surface area contributed by atoms with Crippen molar-refractivity contribution >= 4 is 29.6 Å². The number of amides is 1. The molecule has 1 saturated heterocycles. The second-order valence-electron chi connectivity index (χ2n) is 8.65. The summed E-state index contributed by atoms with van der Waals surface area (Å²) in [5.41, 5.74) is 0.842. The van der Waals surface area contributed by atoms with E-state index in [-0.39, 0.29) is 12.6 Å². The van der Waals surface area contributed by atoms with Gasteiger partial charge in [-0.15, -0.1) is 0 Å². The number of nitrogens with zero attached hydrogens (tertiary/aromatic N) is 3. The summed E-state index contributed by atoms with van der Waals surface area (Å²) in [6, 6.07) is 1.88. The number of halogens is 1. The zero-order valence-corrected chi connectivity index (χ0v) is 20.1. The molecule has 0 aromatic carbocycles. The summed E-state index contributed by atoms with van der Waals surface area (Å²) in [6.07, 6.45) is 4.49. The van der Waals surface area contributed by atoms with Crippen molar-refractivity contribution in [2.75, 3.05) is 32.2 Å². The predicted octanol–water partition coefficient (Wildman–Crippen LogP) is 3.50.